The third kappa shape index (κ3) is 6.00. The highest BCUT2D eigenvalue weighted by atomic mass is 16.5. The van der Waals surface area contributed by atoms with Crippen LogP contribution in [0.3, 0.4) is 0 Å². The molecule has 2 amide bonds. The summed E-state index contributed by atoms with van der Waals surface area (Å²) in [6.07, 6.45) is 0.0947. The summed E-state index contributed by atoms with van der Waals surface area (Å²) in [5.74, 6) is 0.702. The lowest BCUT2D eigenvalue weighted by Gasteiger charge is -2.35. The van der Waals surface area contributed by atoms with Crippen molar-refractivity contribution in [2.45, 2.75) is 33.0 Å². The fourth-order valence-electron chi connectivity index (χ4n) is 3.13. The van der Waals surface area contributed by atoms with Gasteiger partial charge in [0.1, 0.15) is 5.75 Å². The van der Waals surface area contributed by atoms with E-state index in [4.69, 9.17) is 9.47 Å². The zero-order valence-corrected chi connectivity index (χ0v) is 16.1. The predicted molar refractivity (Wildman–Crippen MR) is 99.5 cm³/mol. The number of rotatable bonds is 7. The first-order chi connectivity index (χ1) is 12.4. The molecular formula is C19H30N3O4+. The summed E-state index contributed by atoms with van der Waals surface area (Å²) in [4.78, 5) is 27.6. The van der Waals surface area contributed by atoms with Crippen LogP contribution in [0.25, 0.3) is 0 Å². The molecule has 1 fully saturated rings. The number of carbonyl (C=O) groups is 2. The summed E-state index contributed by atoms with van der Waals surface area (Å²) in [6.45, 7) is 8.42. The van der Waals surface area contributed by atoms with Crippen molar-refractivity contribution in [3.63, 3.8) is 0 Å². The van der Waals surface area contributed by atoms with E-state index in [1.54, 1.807) is 31.4 Å². The van der Waals surface area contributed by atoms with Gasteiger partial charge in [-0.25, -0.2) is 0 Å². The number of hydrogen-bond donors (Lipinski definition) is 2. The van der Waals surface area contributed by atoms with Gasteiger partial charge in [0.05, 0.1) is 25.9 Å². The lowest BCUT2D eigenvalue weighted by Crippen LogP contribution is -3.14. The number of likely N-dealkylation sites (N-methyl/N-ethyl adjacent to an activating group) is 1. The molecule has 144 valence electrons. The molecule has 2 N–H and O–H groups in total. The first-order valence-electron chi connectivity index (χ1n) is 9.12. The van der Waals surface area contributed by atoms with E-state index in [-0.39, 0.29) is 30.6 Å². The zero-order valence-electron chi connectivity index (χ0n) is 16.1. The van der Waals surface area contributed by atoms with Gasteiger partial charge in [0, 0.05) is 18.8 Å². The molecule has 0 radical (unpaired) electrons. The molecule has 0 aromatic heterocycles. The Morgan fingerprint density at radius 3 is 2.35 bits per heavy atom. The minimum Gasteiger partial charge on any atom is -0.497 e. The van der Waals surface area contributed by atoms with Crippen LogP contribution < -0.4 is 15.0 Å². The highest BCUT2D eigenvalue weighted by Crippen LogP contribution is 2.14. The van der Waals surface area contributed by atoms with E-state index in [0.29, 0.717) is 31.9 Å². The number of anilines is 1. The van der Waals surface area contributed by atoms with Crippen LogP contribution in [-0.4, -0.2) is 68.8 Å². The maximum Gasteiger partial charge on any atom is 0.279 e. The van der Waals surface area contributed by atoms with Crippen molar-refractivity contribution in [2.24, 2.45) is 0 Å². The average Bonchev–Trinajstić information content (AvgIpc) is 2.60. The largest absolute Gasteiger partial charge is 0.497 e. The number of quaternary nitrogens is 1. The summed E-state index contributed by atoms with van der Waals surface area (Å²) in [5.41, 5.74) is 0.716. The van der Waals surface area contributed by atoms with Crippen molar-refractivity contribution < 1.29 is 24.0 Å². The molecule has 7 nitrogen and oxygen atoms in total. The van der Waals surface area contributed by atoms with Crippen LogP contribution in [0.1, 0.15) is 20.8 Å². The van der Waals surface area contributed by atoms with Gasteiger partial charge in [0.25, 0.3) is 11.8 Å². The lowest BCUT2D eigenvalue weighted by atomic mass is 10.2. The molecule has 7 heteroatoms. The molecule has 1 aromatic carbocycles. The molecule has 26 heavy (non-hydrogen) atoms. The SMILES string of the molecule is CC[NH+](CC(=O)Nc1ccc(OC)cc1)CC(=O)N1C[C@@H](C)O[C@H](C)C1. The van der Waals surface area contributed by atoms with Crippen molar-refractivity contribution in [2.75, 3.05) is 45.2 Å². The van der Waals surface area contributed by atoms with Gasteiger partial charge in [-0.05, 0) is 45.0 Å². The van der Waals surface area contributed by atoms with Crippen LogP contribution in [0.5, 0.6) is 5.75 Å². The highest BCUT2D eigenvalue weighted by molar-refractivity contribution is 5.91. The van der Waals surface area contributed by atoms with Crippen molar-refractivity contribution in [1.29, 1.82) is 0 Å². The van der Waals surface area contributed by atoms with Gasteiger partial charge in [0.2, 0.25) is 0 Å². The Labute approximate surface area is 155 Å². The van der Waals surface area contributed by atoms with E-state index in [1.807, 2.05) is 25.7 Å². The molecule has 3 atom stereocenters. The molecule has 1 aliphatic rings. The van der Waals surface area contributed by atoms with Crippen molar-refractivity contribution in [3.8, 4) is 5.75 Å². The topological polar surface area (TPSA) is 72.3 Å². The van der Waals surface area contributed by atoms with E-state index in [2.05, 4.69) is 5.32 Å². The van der Waals surface area contributed by atoms with Crippen LogP contribution in [0.2, 0.25) is 0 Å². The Morgan fingerprint density at radius 2 is 1.81 bits per heavy atom. The number of hydrogen-bond acceptors (Lipinski definition) is 4. The van der Waals surface area contributed by atoms with Crippen LogP contribution in [0.4, 0.5) is 5.69 Å². The van der Waals surface area contributed by atoms with Crippen LogP contribution in [-0.2, 0) is 14.3 Å². The standard InChI is InChI=1S/C19H29N3O4/c1-5-21(13-19(24)22-10-14(2)26-15(3)11-22)12-18(23)20-16-6-8-17(25-4)9-7-16/h6-9,14-15H,5,10-13H2,1-4H3,(H,20,23)/p+1/t14-,15-/m1/s1. The van der Waals surface area contributed by atoms with Gasteiger partial charge in [-0.1, -0.05) is 0 Å². The number of morpholine rings is 1. The van der Waals surface area contributed by atoms with Crippen molar-refractivity contribution in [1.82, 2.24) is 4.90 Å². The fraction of sp³-hybridized carbons (Fsp3) is 0.579. The van der Waals surface area contributed by atoms with Gasteiger partial charge in [-0.3, -0.25) is 9.59 Å². The Morgan fingerprint density at radius 1 is 1.19 bits per heavy atom. The second kappa shape index (κ2) is 9.54. The maximum absolute atomic E-state index is 12.6. The quantitative estimate of drug-likeness (QED) is 0.724. The fourth-order valence-corrected chi connectivity index (χ4v) is 3.13. The van der Waals surface area contributed by atoms with Crippen LogP contribution >= 0.6 is 0 Å². The second-order valence-electron chi connectivity index (χ2n) is 6.79. The minimum absolute atomic E-state index is 0.0474. The van der Waals surface area contributed by atoms with Gasteiger partial charge in [0.15, 0.2) is 13.1 Å². The zero-order chi connectivity index (χ0) is 19.1. The Hall–Kier alpha value is -2.12. The van der Waals surface area contributed by atoms with E-state index in [9.17, 15) is 9.59 Å². The third-order valence-electron chi connectivity index (χ3n) is 4.46. The summed E-state index contributed by atoms with van der Waals surface area (Å²) in [6, 6.07) is 7.18. The lowest BCUT2D eigenvalue weighted by molar-refractivity contribution is -0.882. The van der Waals surface area contributed by atoms with Crippen LogP contribution in [0, 0.1) is 0 Å². The van der Waals surface area contributed by atoms with Gasteiger partial charge >= 0.3 is 0 Å². The van der Waals surface area contributed by atoms with Gasteiger partial charge in [-0.15, -0.1) is 0 Å². The van der Waals surface area contributed by atoms with Crippen molar-refractivity contribution in [3.05, 3.63) is 24.3 Å². The molecule has 0 aliphatic carbocycles. The number of amides is 2. The van der Waals surface area contributed by atoms with Crippen LogP contribution in [0.15, 0.2) is 24.3 Å². The number of nitrogens with one attached hydrogen (secondary N) is 2. The molecule has 0 saturated carbocycles. The molecule has 0 spiro atoms. The molecule has 1 aliphatic heterocycles. The smallest absolute Gasteiger partial charge is 0.279 e. The summed E-state index contributed by atoms with van der Waals surface area (Å²) < 4.78 is 10.8. The van der Waals surface area contributed by atoms with E-state index >= 15 is 0 Å². The Balaban J connectivity index is 1.85. The van der Waals surface area contributed by atoms with Gasteiger partial charge < -0.3 is 24.6 Å². The summed E-state index contributed by atoms with van der Waals surface area (Å²) >= 11 is 0. The highest BCUT2D eigenvalue weighted by Gasteiger charge is 2.28. The Bertz CT molecular complexity index is 595. The molecule has 1 unspecified atom stereocenters. The monoisotopic (exact) mass is 364 g/mol. The predicted octanol–water partition coefficient (Wildman–Crippen LogP) is 0.174. The molecule has 1 heterocycles. The van der Waals surface area contributed by atoms with Gasteiger partial charge in [-0.2, -0.15) is 0 Å². The molecule has 1 aromatic rings. The Kier molecular flexibility index (Phi) is 7.41. The maximum atomic E-state index is 12.6. The molecular weight excluding hydrogens is 334 g/mol. The summed E-state index contributed by atoms with van der Waals surface area (Å²) in [7, 11) is 1.60. The van der Waals surface area contributed by atoms with E-state index in [0.717, 1.165) is 10.6 Å². The van der Waals surface area contributed by atoms with E-state index < -0.39 is 0 Å². The minimum atomic E-state index is -0.108. The first-order valence-corrected chi connectivity index (χ1v) is 9.12. The second-order valence-corrected chi connectivity index (χ2v) is 6.79. The average molecular weight is 364 g/mol. The molecule has 0 bridgehead atoms. The number of nitrogens with zero attached hydrogens (tertiary/aromatic N) is 1. The third-order valence-corrected chi connectivity index (χ3v) is 4.46. The molecule has 2 rings (SSSR count). The first kappa shape index (κ1) is 20.2. The molecule has 1 saturated heterocycles. The van der Waals surface area contributed by atoms with E-state index in [1.165, 1.54) is 0 Å². The number of ether oxygens (including phenoxy) is 2. The number of benzene rings is 1. The summed E-state index contributed by atoms with van der Waals surface area (Å²) in [5, 5.41) is 2.86. The number of methoxy groups -OCH3 is 1. The van der Waals surface area contributed by atoms with Crippen molar-refractivity contribution >= 4 is 17.5 Å². The number of carbonyl (C=O) groups excluding carboxylic acids is 2. The normalized spacial score (nSPS) is 21.2.